The van der Waals surface area contributed by atoms with Crippen LogP contribution in [0, 0.1) is 5.82 Å². The van der Waals surface area contributed by atoms with E-state index in [9.17, 15) is 14.0 Å². The zero-order valence-electron chi connectivity index (χ0n) is 15.7. The molecule has 1 N–H and O–H groups in total. The molecule has 0 aliphatic rings. The summed E-state index contributed by atoms with van der Waals surface area (Å²) in [7, 11) is 0. The maximum absolute atomic E-state index is 14.0. The molecule has 0 saturated heterocycles. The number of benzene rings is 2. The lowest BCUT2D eigenvalue weighted by Crippen LogP contribution is -2.49. The van der Waals surface area contributed by atoms with Crippen molar-refractivity contribution in [2.75, 3.05) is 0 Å². The highest BCUT2D eigenvalue weighted by Gasteiger charge is 2.27. The van der Waals surface area contributed by atoms with E-state index in [4.69, 9.17) is 11.6 Å². The van der Waals surface area contributed by atoms with E-state index in [1.807, 2.05) is 19.9 Å². The standard InChI is InChI=1S/C21H24ClFN2O2/c1-14(2)24-21(27)15(3)25(13-17-9-4-6-10-18(17)22)20(26)12-16-8-5-7-11-19(16)23/h4-11,14-15H,12-13H2,1-3H3,(H,24,27)/t15-/m1/s1. The van der Waals surface area contributed by atoms with Crippen molar-refractivity contribution in [1.29, 1.82) is 0 Å². The molecule has 27 heavy (non-hydrogen) atoms. The first kappa shape index (κ1) is 20.9. The Kier molecular flexibility index (Phi) is 7.36. The van der Waals surface area contributed by atoms with Crippen molar-refractivity contribution in [2.45, 2.75) is 45.8 Å². The van der Waals surface area contributed by atoms with Crippen LogP contribution in [0.1, 0.15) is 31.9 Å². The van der Waals surface area contributed by atoms with Crippen LogP contribution in [0.5, 0.6) is 0 Å². The lowest BCUT2D eigenvalue weighted by Gasteiger charge is -2.29. The highest BCUT2D eigenvalue weighted by molar-refractivity contribution is 6.31. The quantitative estimate of drug-likeness (QED) is 0.777. The number of halogens is 2. The SMILES string of the molecule is CC(C)NC(=O)[C@@H](C)N(Cc1ccccc1Cl)C(=O)Cc1ccccc1F. The van der Waals surface area contributed by atoms with Crippen LogP contribution in [0.2, 0.25) is 5.02 Å². The van der Waals surface area contributed by atoms with Gasteiger partial charge in [-0.3, -0.25) is 9.59 Å². The van der Waals surface area contributed by atoms with Crippen molar-refractivity contribution in [2.24, 2.45) is 0 Å². The molecule has 0 radical (unpaired) electrons. The van der Waals surface area contributed by atoms with Gasteiger partial charge in [0, 0.05) is 17.6 Å². The first-order chi connectivity index (χ1) is 12.8. The normalized spacial score (nSPS) is 11.9. The van der Waals surface area contributed by atoms with Crippen LogP contribution < -0.4 is 5.32 Å². The van der Waals surface area contributed by atoms with Crippen molar-refractivity contribution in [3.05, 3.63) is 70.5 Å². The number of rotatable bonds is 7. The molecule has 2 aromatic carbocycles. The molecule has 0 bridgehead atoms. The Balaban J connectivity index is 2.27. The average molecular weight is 391 g/mol. The Morgan fingerprint density at radius 3 is 2.22 bits per heavy atom. The Bertz CT molecular complexity index is 810. The number of nitrogens with zero attached hydrogens (tertiary/aromatic N) is 1. The van der Waals surface area contributed by atoms with Crippen molar-refractivity contribution in [3.8, 4) is 0 Å². The minimum atomic E-state index is -0.719. The number of carbonyl (C=O) groups is 2. The highest BCUT2D eigenvalue weighted by atomic mass is 35.5. The minimum Gasteiger partial charge on any atom is -0.352 e. The Hall–Kier alpha value is -2.40. The summed E-state index contributed by atoms with van der Waals surface area (Å²) in [6, 6.07) is 12.5. The van der Waals surface area contributed by atoms with Gasteiger partial charge in [-0.15, -0.1) is 0 Å². The van der Waals surface area contributed by atoms with Crippen molar-refractivity contribution in [3.63, 3.8) is 0 Å². The summed E-state index contributed by atoms with van der Waals surface area (Å²) in [5, 5.41) is 3.33. The lowest BCUT2D eigenvalue weighted by atomic mass is 10.1. The molecule has 0 fully saturated rings. The van der Waals surface area contributed by atoms with Gasteiger partial charge in [0.25, 0.3) is 0 Å². The molecule has 0 aliphatic heterocycles. The van der Waals surface area contributed by atoms with Crippen LogP contribution in [0.15, 0.2) is 48.5 Å². The van der Waals surface area contributed by atoms with Crippen LogP contribution in [0.3, 0.4) is 0 Å². The van der Waals surface area contributed by atoms with Crippen LogP contribution in [0.4, 0.5) is 4.39 Å². The van der Waals surface area contributed by atoms with Crippen molar-refractivity contribution < 1.29 is 14.0 Å². The van der Waals surface area contributed by atoms with Gasteiger partial charge in [0.1, 0.15) is 11.9 Å². The summed E-state index contributed by atoms with van der Waals surface area (Å²) < 4.78 is 14.0. The molecule has 2 aromatic rings. The van der Waals surface area contributed by atoms with Gasteiger partial charge in [0.15, 0.2) is 0 Å². The van der Waals surface area contributed by atoms with Crippen molar-refractivity contribution in [1.82, 2.24) is 10.2 Å². The van der Waals surface area contributed by atoms with Gasteiger partial charge in [0.05, 0.1) is 6.42 Å². The van der Waals surface area contributed by atoms with Crippen LogP contribution in [-0.4, -0.2) is 28.8 Å². The van der Waals surface area contributed by atoms with Crippen molar-refractivity contribution >= 4 is 23.4 Å². The molecule has 1 atom stereocenters. The first-order valence-corrected chi connectivity index (χ1v) is 9.24. The Labute approximate surface area is 164 Å². The molecule has 0 spiro atoms. The zero-order valence-corrected chi connectivity index (χ0v) is 16.5. The average Bonchev–Trinajstić information content (AvgIpc) is 2.61. The van der Waals surface area contributed by atoms with Gasteiger partial charge >= 0.3 is 0 Å². The second-order valence-corrected chi connectivity index (χ2v) is 7.13. The molecular weight excluding hydrogens is 367 g/mol. The monoisotopic (exact) mass is 390 g/mol. The summed E-state index contributed by atoms with van der Waals surface area (Å²) >= 11 is 6.23. The zero-order chi connectivity index (χ0) is 20.0. The van der Waals surface area contributed by atoms with Crippen LogP contribution >= 0.6 is 11.6 Å². The second kappa shape index (κ2) is 9.51. The minimum absolute atomic E-state index is 0.0521. The third kappa shape index (κ3) is 5.79. The summed E-state index contributed by atoms with van der Waals surface area (Å²) in [6.45, 7) is 5.53. The van der Waals surface area contributed by atoms with Gasteiger partial charge in [0.2, 0.25) is 11.8 Å². The Morgan fingerprint density at radius 1 is 1.04 bits per heavy atom. The lowest BCUT2D eigenvalue weighted by molar-refractivity contribution is -0.140. The summed E-state index contributed by atoms with van der Waals surface area (Å²) in [5.41, 5.74) is 1.02. The summed E-state index contributed by atoms with van der Waals surface area (Å²) in [6.07, 6.45) is -0.129. The van der Waals surface area contributed by atoms with Gasteiger partial charge in [-0.1, -0.05) is 48.0 Å². The Morgan fingerprint density at radius 2 is 1.63 bits per heavy atom. The number of hydrogen-bond acceptors (Lipinski definition) is 2. The van der Waals surface area contributed by atoms with E-state index in [1.165, 1.54) is 11.0 Å². The third-order valence-electron chi connectivity index (χ3n) is 4.20. The third-order valence-corrected chi connectivity index (χ3v) is 4.57. The van der Waals surface area contributed by atoms with Crippen LogP contribution in [0.25, 0.3) is 0 Å². The predicted molar refractivity (Wildman–Crippen MR) is 105 cm³/mol. The smallest absolute Gasteiger partial charge is 0.242 e. The van der Waals surface area contributed by atoms with E-state index >= 15 is 0 Å². The molecule has 0 aromatic heterocycles. The number of nitrogens with one attached hydrogen (secondary N) is 1. The topological polar surface area (TPSA) is 49.4 Å². The van der Waals surface area contributed by atoms with E-state index in [-0.39, 0.29) is 30.8 Å². The molecule has 0 heterocycles. The van der Waals surface area contributed by atoms with E-state index < -0.39 is 11.9 Å². The van der Waals surface area contributed by atoms with Gasteiger partial charge < -0.3 is 10.2 Å². The van der Waals surface area contributed by atoms with Gasteiger partial charge in [-0.05, 0) is 44.0 Å². The van der Waals surface area contributed by atoms with E-state index in [0.29, 0.717) is 10.6 Å². The fourth-order valence-electron chi connectivity index (χ4n) is 2.70. The fraction of sp³-hybridized carbons (Fsp3) is 0.333. The molecule has 0 unspecified atom stereocenters. The summed E-state index contributed by atoms with van der Waals surface area (Å²) in [5.74, 6) is -1.05. The summed E-state index contributed by atoms with van der Waals surface area (Å²) in [4.78, 5) is 26.9. The largest absolute Gasteiger partial charge is 0.352 e. The molecule has 144 valence electrons. The molecule has 2 rings (SSSR count). The number of hydrogen-bond donors (Lipinski definition) is 1. The molecule has 0 aliphatic carbocycles. The second-order valence-electron chi connectivity index (χ2n) is 6.72. The van der Waals surface area contributed by atoms with Gasteiger partial charge in [-0.2, -0.15) is 0 Å². The molecule has 0 saturated carbocycles. The maximum atomic E-state index is 14.0. The fourth-order valence-corrected chi connectivity index (χ4v) is 2.90. The van der Waals surface area contributed by atoms with E-state index in [2.05, 4.69) is 5.32 Å². The van der Waals surface area contributed by atoms with E-state index in [1.54, 1.807) is 43.3 Å². The molecule has 2 amide bonds. The molecular formula is C21H24ClFN2O2. The number of carbonyl (C=O) groups excluding carboxylic acids is 2. The first-order valence-electron chi connectivity index (χ1n) is 8.86. The highest BCUT2D eigenvalue weighted by Crippen LogP contribution is 2.20. The molecule has 6 heteroatoms. The van der Waals surface area contributed by atoms with Gasteiger partial charge in [-0.25, -0.2) is 4.39 Å². The number of amides is 2. The van der Waals surface area contributed by atoms with E-state index in [0.717, 1.165) is 5.56 Å². The maximum Gasteiger partial charge on any atom is 0.242 e. The van der Waals surface area contributed by atoms with Crippen LogP contribution in [-0.2, 0) is 22.6 Å². The molecule has 4 nitrogen and oxygen atoms in total. The predicted octanol–water partition coefficient (Wildman–Crippen LogP) is 3.96.